The minimum atomic E-state index is -0.342. The van der Waals surface area contributed by atoms with E-state index in [0.717, 1.165) is 24.1 Å². The fourth-order valence-electron chi connectivity index (χ4n) is 1.90. The van der Waals surface area contributed by atoms with E-state index in [1.54, 1.807) is 13.0 Å². The quantitative estimate of drug-likeness (QED) is 0.867. The molecule has 1 N–H and O–H groups in total. The largest absolute Gasteiger partial charge is 0.467 e. The molecule has 1 atom stereocenters. The van der Waals surface area contributed by atoms with E-state index < -0.39 is 0 Å². The topological polar surface area (TPSA) is 38.3 Å². The fraction of sp³-hybridized carbons (Fsp3) is 0.462. The number of ether oxygens (including phenoxy) is 1. The molecular formula is C13H15BrFNO2. The number of rotatable bonds is 4. The van der Waals surface area contributed by atoms with Gasteiger partial charge in [0.1, 0.15) is 11.9 Å². The molecule has 3 nitrogen and oxygen atoms in total. The summed E-state index contributed by atoms with van der Waals surface area (Å²) in [6, 6.07) is 2.75. The predicted octanol–water partition coefficient (Wildman–Crippen LogP) is 3.26. The molecule has 1 aromatic carbocycles. The maximum atomic E-state index is 13.3. The third-order valence-electron chi connectivity index (χ3n) is 3.13. The van der Waals surface area contributed by atoms with Crippen molar-refractivity contribution in [1.82, 2.24) is 0 Å². The van der Waals surface area contributed by atoms with Gasteiger partial charge in [-0.3, -0.25) is 0 Å². The number of benzene rings is 1. The summed E-state index contributed by atoms with van der Waals surface area (Å²) in [6.07, 6.45) is 2.04. The monoisotopic (exact) mass is 315 g/mol. The number of nitrogens with one attached hydrogen (secondary N) is 1. The van der Waals surface area contributed by atoms with Crippen LogP contribution in [0.4, 0.5) is 10.1 Å². The Morgan fingerprint density at radius 3 is 2.78 bits per heavy atom. The van der Waals surface area contributed by atoms with Crippen LogP contribution in [0, 0.1) is 18.7 Å². The van der Waals surface area contributed by atoms with Gasteiger partial charge in [-0.15, -0.1) is 0 Å². The van der Waals surface area contributed by atoms with E-state index in [0.29, 0.717) is 10.4 Å². The molecule has 1 unspecified atom stereocenters. The van der Waals surface area contributed by atoms with Gasteiger partial charge in [0.25, 0.3) is 0 Å². The number of carbonyl (C=O) groups is 1. The zero-order chi connectivity index (χ0) is 13.3. The number of carbonyl (C=O) groups excluding carboxylic acids is 1. The first-order valence-corrected chi connectivity index (χ1v) is 6.62. The molecule has 1 fully saturated rings. The minimum absolute atomic E-state index is 0.266. The van der Waals surface area contributed by atoms with Gasteiger partial charge < -0.3 is 10.1 Å². The van der Waals surface area contributed by atoms with Crippen molar-refractivity contribution < 1.29 is 13.9 Å². The summed E-state index contributed by atoms with van der Waals surface area (Å²) in [4.78, 5) is 11.7. The maximum absolute atomic E-state index is 13.3. The first kappa shape index (κ1) is 13.3. The SMILES string of the molecule is COC(=O)C(Nc1cc(Br)c(F)cc1C)C1CC1. The van der Waals surface area contributed by atoms with E-state index >= 15 is 0 Å². The van der Waals surface area contributed by atoms with E-state index in [-0.39, 0.29) is 17.8 Å². The molecule has 2 rings (SSSR count). The number of aryl methyl sites for hydroxylation is 1. The molecular weight excluding hydrogens is 301 g/mol. The second kappa shape index (κ2) is 5.26. The minimum Gasteiger partial charge on any atom is -0.467 e. The number of hydrogen-bond donors (Lipinski definition) is 1. The lowest BCUT2D eigenvalue weighted by Crippen LogP contribution is -2.33. The molecule has 0 amide bonds. The number of hydrogen-bond acceptors (Lipinski definition) is 3. The standard InChI is InChI=1S/C13H15BrFNO2/c1-7-5-10(15)9(14)6-11(7)16-12(8-3-4-8)13(17)18-2/h5-6,8,12,16H,3-4H2,1-2H3. The van der Waals surface area contributed by atoms with Crippen LogP contribution in [0.5, 0.6) is 0 Å². The third-order valence-corrected chi connectivity index (χ3v) is 3.73. The number of anilines is 1. The molecule has 18 heavy (non-hydrogen) atoms. The summed E-state index contributed by atoms with van der Waals surface area (Å²) in [5.74, 6) is -0.253. The normalized spacial score (nSPS) is 16.2. The van der Waals surface area contributed by atoms with Crippen LogP contribution in [-0.2, 0) is 9.53 Å². The Labute approximate surface area is 114 Å². The average molecular weight is 316 g/mol. The summed E-state index contributed by atoms with van der Waals surface area (Å²) in [5, 5.41) is 3.16. The van der Waals surface area contributed by atoms with Crippen LogP contribution < -0.4 is 5.32 Å². The van der Waals surface area contributed by atoms with Gasteiger partial charge in [0.15, 0.2) is 0 Å². The Hall–Kier alpha value is -1.10. The first-order chi connectivity index (χ1) is 8.52. The number of methoxy groups -OCH3 is 1. The highest BCUT2D eigenvalue weighted by atomic mass is 79.9. The van der Waals surface area contributed by atoms with E-state index in [2.05, 4.69) is 21.2 Å². The van der Waals surface area contributed by atoms with Crippen molar-refractivity contribution in [1.29, 1.82) is 0 Å². The molecule has 0 heterocycles. The van der Waals surface area contributed by atoms with Crippen LogP contribution in [0.2, 0.25) is 0 Å². The Kier molecular flexibility index (Phi) is 3.90. The van der Waals surface area contributed by atoms with Crippen molar-refractivity contribution in [2.45, 2.75) is 25.8 Å². The van der Waals surface area contributed by atoms with Crippen molar-refractivity contribution in [2.75, 3.05) is 12.4 Å². The van der Waals surface area contributed by atoms with Gasteiger partial charge in [0.05, 0.1) is 11.6 Å². The van der Waals surface area contributed by atoms with E-state index in [4.69, 9.17) is 4.74 Å². The highest BCUT2D eigenvalue weighted by Crippen LogP contribution is 2.36. The van der Waals surface area contributed by atoms with Crippen molar-refractivity contribution in [3.63, 3.8) is 0 Å². The second-order valence-corrected chi connectivity index (χ2v) is 5.42. The summed E-state index contributed by atoms with van der Waals surface area (Å²) in [5.41, 5.74) is 1.52. The molecule has 1 saturated carbocycles. The summed E-state index contributed by atoms with van der Waals surface area (Å²) in [7, 11) is 1.38. The Morgan fingerprint density at radius 2 is 2.22 bits per heavy atom. The summed E-state index contributed by atoms with van der Waals surface area (Å²) < 4.78 is 18.5. The summed E-state index contributed by atoms with van der Waals surface area (Å²) in [6.45, 7) is 1.80. The third kappa shape index (κ3) is 2.83. The molecule has 98 valence electrons. The lowest BCUT2D eigenvalue weighted by atomic mass is 10.1. The van der Waals surface area contributed by atoms with E-state index in [1.807, 2.05) is 0 Å². The molecule has 1 aliphatic rings. The highest BCUT2D eigenvalue weighted by molar-refractivity contribution is 9.10. The molecule has 1 aliphatic carbocycles. The fourth-order valence-corrected chi connectivity index (χ4v) is 2.24. The molecule has 0 spiro atoms. The Bertz CT molecular complexity index is 474. The van der Waals surface area contributed by atoms with Gasteiger partial charge in [0.2, 0.25) is 0 Å². The predicted molar refractivity (Wildman–Crippen MR) is 71.0 cm³/mol. The average Bonchev–Trinajstić information content (AvgIpc) is 3.15. The lowest BCUT2D eigenvalue weighted by molar-refractivity contribution is -0.142. The van der Waals surface area contributed by atoms with Crippen LogP contribution >= 0.6 is 15.9 Å². The van der Waals surface area contributed by atoms with Gasteiger partial charge in [-0.05, 0) is 59.3 Å². The molecule has 0 aliphatic heterocycles. The molecule has 1 aromatic rings. The van der Waals surface area contributed by atoms with Crippen molar-refractivity contribution in [3.8, 4) is 0 Å². The van der Waals surface area contributed by atoms with Crippen LogP contribution in [-0.4, -0.2) is 19.1 Å². The van der Waals surface area contributed by atoms with Gasteiger partial charge in [-0.1, -0.05) is 0 Å². The Morgan fingerprint density at radius 1 is 1.56 bits per heavy atom. The van der Waals surface area contributed by atoms with Gasteiger partial charge in [0, 0.05) is 5.69 Å². The van der Waals surface area contributed by atoms with E-state index in [1.165, 1.54) is 13.2 Å². The van der Waals surface area contributed by atoms with Crippen molar-refractivity contribution in [3.05, 3.63) is 28.0 Å². The number of esters is 1. The molecule has 5 heteroatoms. The second-order valence-electron chi connectivity index (χ2n) is 4.56. The summed E-state index contributed by atoms with van der Waals surface area (Å²) >= 11 is 3.15. The van der Waals surface area contributed by atoms with Gasteiger partial charge >= 0.3 is 5.97 Å². The molecule has 0 saturated heterocycles. The van der Waals surface area contributed by atoms with Crippen LogP contribution in [0.1, 0.15) is 18.4 Å². The van der Waals surface area contributed by atoms with Crippen LogP contribution in [0.25, 0.3) is 0 Å². The first-order valence-electron chi connectivity index (χ1n) is 5.83. The zero-order valence-electron chi connectivity index (χ0n) is 10.3. The number of halogens is 2. The van der Waals surface area contributed by atoms with Gasteiger partial charge in [-0.2, -0.15) is 0 Å². The highest BCUT2D eigenvalue weighted by Gasteiger charge is 2.37. The maximum Gasteiger partial charge on any atom is 0.328 e. The lowest BCUT2D eigenvalue weighted by Gasteiger charge is -2.19. The molecule has 0 aromatic heterocycles. The Balaban J connectivity index is 2.21. The smallest absolute Gasteiger partial charge is 0.328 e. The molecule has 0 radical (unpaired) electrons. The van der Waals surface area contributed by atoms with Crippen LogP contribution in [0.3, 0.4) is 0 Å². The zero-order valence-corrected chi connectivity index (χ0v) is 11.9. The van der Waals surface area contributed by atoms with Crippen molar-refractivity contribution in [2.24, 2.45) is 5.92 Å². The molecule has 0 bridgehead atoms. The van der Waals surface area contributed by atoms with Crippen LogP contribution in [0.15, 0.2) is 16.6 Å². The van der Waals surface area contributed by atoms with E-state index in [9.17, 15) is 9.18 Å². The van der Waals surface area contributed by atoms with Crippen molar-refractivity contribution >= 4 is 27.6 Å². The van der Waals surface area contributed by atoms with Gasteiger partial charge in [-0.25, -0.2) is 9.18 Å².